The van der Waals surface area contributed by atoms with Crippen LogP contribution in [-0.4, -0.2) is 32.9 Å². The number of aliphatic hydroxyl groups is 1. The second kappa shape index (κ2) is 8.73. The summed E-state index contributed by atoms with van der Waals surface area (Å²) in [6, 6.07) is 6.13. The predicted molar refractivity (Wildman–Crippen MR) is 115 cm³/mol. The maximum atomic E-state index is 14.1. The topological polar surface area (TPSA) is 136 Å². The number of hydrogen-bond acceptors (Lipinski definition) is 7. The summed E-state index contributed by atoms with van der Waals surface area (Å²) in [5, 5.41) is 27.2. The first kappa shape index (κ1) is 25.7. The first-order valence-corrected chi connectivity index (χ1v) is 10.0. The lowest BCUT2D eigenvalue weighted by atomic mass is 9.74. The fourth-order valence-corrected chi connectivity index (χ4v) is 3.67. The van der Waals surface area contributed by atoms with Gasteiger partial charge in [-0.05, 0) is 42.2 Å². The van der Waals surface area contributed by atoms with E-state index in [-0.39, 0.29) is 27.7 Å². The van der Waals surface area contributed by atoms with Crippen LogP contribution in [-0.2, 0) is 10.2 Å². The van der Waals surface area contributed by atoms with Gasteiger partial charge in [0.1, 0.15) is 0 Å². The molecule has 0 aliphatic heterocycles. The Morgan fingerprint density at radius 2 is 1.83 bits per heavy atom. The highest BCUT2D eigenvalue weighted by atomic mass is 19.4. The average Bonchev–Trinajstić information content (AvgIpc) is 2.75. The van der Waals surface area contributed by atoms with Crippen molar-refractivity contribution < 1.29 is 36.9 Å². The van der Waals surface area contributed by atoms with Crippen molar-refractivity contribution in [3.63, 3.8) is 0 Å². The number of alkyl halides is 3. The van der Waals surface area contributed by atoms with E-state index in [9.17, 15) is 42.4 Å². The fraction of sp³-hybridized carbons (Fsp3) is 0.318. The van der Waals surface area contributed by atoms with Crippen molar-refractivity contribution >= 4 is 28.1 Å². The van der Waals surface area contributed by atoms with Crippen molar-refractivity contribution in [3.05, 3.63) is 74.0 Å². The summed E-state index contributed by atoms with van der Waals surface area (Å²) in [5.41, 5.74) is -7.25. The fourth-order valence-electron chi connectivity index (χ4n) is 3.67. The smallest absolute Gasteiger partial charge is 0.373 e. The minimum Gasteiger partial charge on any atom is -0.373 e. The summed E-state index contributed by atoms with van der Waals surface area (Å²) in [4.78, 5) is 34.3. The number of hydrogen-bond donors (Lipinski definition) is 2. The van der Waals surface area contributed by atoms with Crippen LogP contribution >= 0.6 is 0 Å². The molecular weight excluding hydrogens is 478 g/mol. The van der Waals surface area contributed by atoms with Gasteiger partial charge in [0.05, 0.1) is 16.0 Å². The van der Waals surface area contributed by atoms with Crippen LogP contribution in [0.4, 0.5) is 28.9 Å². The molecule has 13 heteroatoms. The normalized spacial score (nSPS) is 13.9. The standard InChI is InChI=1S/C22H19F4N3O6/c1-11-15-9-13(5-6-14(15)18(30)35-28-11)27-19(31)21(32,22(24,25)26)10-20(2,3)12-4-7-17(29(33)34)16(23)8-12/h4-9,32H,10H2,1-3H3,(H,27,31). The van der Waals surface area contributed by atoms with Gasteiger partial charge in [-0.15, -0.1) is 0 Å². The summed E-state index contributed by atoms with van der Waals surface area (Å²) in [6.45, 7) is 3.93. The number of anilines is 1. The van der Waals surface area contributed by atoms with Crippen LogP contribution in [0.2, 0.25) is 0 Å². The lowest BCUT2D eigenvalue weighted by molar-refractivity contribution is -0.387. The number of aryl methyl sites for hydroxylation is 1. The zero-order chi connectivity index (χ0) is 26.3. The molecule has 3 rings (SSSR count). The number of nitro groups is 1. The number of benzene rings is 2. The average molecular weight is 497 g/mol. The molecular formula is C22H19F4N3O6. The molecule has 0 radical (unpaired) electrons. The third kappa shape index (κ3) is 4.85. The summed E-state index contributed by atoms with van der Waals surface area (Å²) >= 11 is 0. The van der Waals surface area contributed by atoms with Crippen LogP contribution in [0.25, 0.3) is 10.8 Å². The Morgan fingerprint density at radius 1 is 1.17 bits per heavy atom. The van der Waals surface area contributed by atoms with Crippen LogP contribution in [0.5, 0.6) is 0 Å². The lowest BCUT2D eigenvalue weighted by Crippen LogP contribution is -2.57. The van der Waals surface area contributed by atoms with E-state index in [0.717, 1.165) is 18.2 Å². The summed E-state index contributed by atoms with van der Waals surface area (Å²) in [5.74, 6) is -3.08. The summed E-state index contributed by atoms with van der Waals surface area (Å²) in [7, 11) is 0. The van der Waals surface area contributed by atoms with Crippen molar-refractivity contribution in [2.75, 3.05) is 5.32 Å². The van der Waals surface area contributed by atoms with Crippen LogP contribution in [0, 0.1) is 22.9 Å². The van der Waals surface area contributed by atoms with Crippen LogP contribution < -0.4 is 10.9 Å². The number of amides is 1. The zero-order valence-electron chi connectivity index (χ0n) is 18.6. The molecule has 0 fully saturated rings. The molecule has 0 saturated carbocycles. The van der Waals surface area contributed by atoms with Gasteiger partial charge in [-0.2, -0.15) is 17.6 Å². The lowest BCUT2D eigenvalue weighted by Gasteiger charge is -2.36. The Kier molecular flexibility index (Phi) is 6.42. The molecule has 1 aromatic heterocycles. The molecule has 35 heavy (non-hydrogen) atoms. The van der Waals surface area contributed by atoms with Gasteiger partial charge in [-0.25, -0.2) is 4.79 Å². The second-order valence-corrected chi connectivity index (χ2v) is 8.61. The molecule has 0 aliphatic carbocycles. The molecule has 3 aromatic rings. The zero-order valence-corrected chi connectivity index (χ0v) is 18.6. The highest BCUT2D eigenvalue weighted by Gasteiger charge is 2.61. The molecule has 1 amide bonds. The van der Waals surface area contributed by atoms with Gasteiger partial charge in [0.2, 0.25) is 11.4 Å². The Morgan fingerprint density at radius 3 is 2.40 bits per heavy atom. The van der Waals surface area contributed by atoms with Crippen LogP contribution in [0.15, 0.2) is 45.7 Å². The SMILES string of the molecule is Cc1noc(=O)c2ccc(NC(=O)C(O)(CC(C)(C)c3ccc([N+](=O)[O-])c(F)c3)C(F)(F)F)cc12. The molecule has 0 spiro atoms. The van der Waals surface area contributed by atoms with Gasteiger partial charge in [0.15, 0.2) is 0 Å². The third-order valence-corrected chi connectivity index (χ3v) is 5.62. The number of halogens is 4. The number of aromatic nitrogens is 1. The van der Waals surface area contributed by atoms with E-state index in [1.54, 1.807) is 0 Å². The van der Waals surface area contributed by atoms with E-state index >= 15 is 0 Å². The molecule has 2 aromatic carbocycles. The van der Waals surface area contributed by atoms with Crippen molar-refractivity contribution in [2.45, 2.75) is 44.4 Å². The van der Waals surface area contributed by atoms with Crippen LogP contribution in [0.3, 0.4) is 0 Å². The van der Waals surface area contributed by atoms with E-state index in [4.69, 9.17) is 0 Å². The number of nitrogens with one attached hydrogen (secondary N) is 1. The van der Waals surface area contributed by atoms with Crippen LogP contribution in [0.1, 0.15) is 31.5 Å². The van der Waals surface area contributed by atoms with Crippen molar-refractivity contribution in [1.82, 2.24) is 5.16 Å². The number of carbonyl (C=O) groups is 1. The summed E-state index contributed by atoms with van der Waals surface area (Å²) in [6.07, 6.45) is -6.67. The Bertz CT molecular complexity index is 1390. The van der Waals surface area contributed by atoms with Crippen molar-refractivity contribution in [1.29, 1.82) is 0 Å². The molecule has 0 saturated heterocycles. The van der Waals surface area contributed by atoms with E-state index in [0.29, 0.717) is 6.07 Å². The number of carbonyl (C=O) groups excluding carboxylic acids is 1. The highest BCUT2D eigenvalue weighted by Crippen LogP contribution is 2.42. The quantitative estimate of drug-likeness (QED) is 0.297. The van der Waals surface area contributed by atoms with E-state index in [1.165, 1.54) is 32.9 Å². The minimum absolute atomic E-state index is 0.0860. The molecule has 0 aliphatic rings. The molecule has 186 valence electrons. The third-order valence-electron chi connectivity index (χ3n) is 5.62. The van der Waals surface area contributed by atoms with E-state index < -0.39 is 51.6 Å². The number of nitro benzene ring substituents is 1. The Balaban J connectivity index is 1.97. The highest BCUT2D eigenvalue weighted by molar-refractivity contribution is 5.99. The van der Waals surface area contributed by atoms with Gasteiger partial charge in [-0.1, -0.05) is 25.1 Å². The maximum absolute atomic E-state index is 14.1. The largest absolute Gasteiger partial charge is 0.426 e. The van der Waals surface area contributed by atoms with Gasteiger partial charge in [0.25, 0.3) is 5.91 Å². The van der Waals surface area contributed by atoms with Gasteiger partial charge >= 0.3 is 17.5 Å². The monoisotopic (exact) mass is 497 g/mol. The Hall–Kier alpha value is -3.87. The molecule has 0 bridgehead atoms. The Labute approximate surface area is 194 Å². The first-order valence-electron chi connectivity index (χ1n) is 10.0. The maximum Gasteiger partial charge on any atom is 0.426 e. The predicted octanol–water partition coefficient (Wildman–Crippen LogP) is 4.14. The number of rotatable bonds is 6. The molecule has 1 atom stereocenters. The van der Waals surface area contributed by atoms with E-state index in [2.05, 4.69) is 9.68 Å². The summed E-state index contributed by atoms with van der Waals surface area (Å²) < 4.78 is 60.6. The molecule has 9 nitrogen and oxygen atoms in total. The molecule has 2 N–H and O–H groups in total. The molecule has 1 unspecified atom stereocenters. The first-order chi connectivity index (χ1) is 16.1. The minimum atomic E-state index is -5.44. The van der Waals surface area contributed by atoms with E-state index in [1.807, 2.05) is 5.32 Å². The van der Waals surface area contributed by atoms with Gasteiger partial charge in [0, 0.05) is 23.6 Å². The van der Waals surface area contributed by atoms with Gasteiger partial charge < -0.3 is 14.9 Å². The molecule has 1 heterocycles. The van der Waals surface area contributed by atoms with Gasteiger partial charge in [-0.3, -0.25) is 14.9 Å². The van der Waals surface area contributed by atoms with Crippen molar-refractivity contribution in [3.8, 4) is 0 Å². The number of nitrogens with zero attached hydrogens (tertiary/aromatic N) is 2. The van der Waals surface area contributed by atoms with Crippen molar-refractivity contribution in [2.24, 2.45) is 0 Å². The second-order valence-electron chi connectivity index (χ2n) is 8.61. The number of fused-ring (bicyclic) bond motifs is 1.